The Balaban J connectivity index is 1.90. The molecule has 4 nitrogen and oxygen atoms in total. The molecule has 2 rings (SSSR count). The van der Waals surface area contributed by atoms with E-state index < -0.39 is 0 Å². The first-order valence-corrected chi connectivity index (χ1v) is 8.10. The molecule has 0 aliphatic heterocycles. The highest BCUT2D eigenvalue weighted by molar-refractivity contribution is 5.95. The molecule has 4 heteroatoms. The highest BCUT2D eigenvalue weighted by Crippen LogP contribution is 2.21. The van der Waals surface area contributed by atoms with E-state index >= 15 is 0 Å². The maximum absolute atomic E-state index is 12.2. The summed E-state index contributed by atoms with van der Waals surface area (Å²) in [6.45, 7) is 8.39. The lowest BCUT2D eigenvalue weighted by Crippen LogP contribution is -2.22. The molecule has 2 N–H and O–H groups in total. The number of carbonyl (C=O) groups is 1. The number of anilines is 2. The van der Waals surface area contributed by atoms with Gasteiger partial charge in [-0.1, -0.05) is 37.8 Å². The van der Waals surface area contributed by atoms with Crippen molar-refractivity contribution < 1.29 is 9.53 Å². The van der Waals surface area contributed by atoms with Crippen LogP contribution in [0.3, 0.4) is 0 Å². The van der Waals surface area contributed by atoms with Gasteiger partial charge in [-0.15, -0.1) is 0 Å². The van der Waals surface area contributed by atoms with Crippen molar-refractivity contribution in [3.8, 4) is 5.75 Å². The van der Waals surface area contributed by atoms with Gasteiger partial charge in [-0.25, -0.2) is 0 Å². The zero-order valence-corrected chi connectivity index (χ0v) is 14.3. The molecule has 0 aliphatic carbocycles. The molecule has 0 heterocycles. The standard InChI is InChI=1S/C20H24N2O2/c1-4-13-24-18-11-9-17(10-12-18)21-14-19(23)22-20-15(3)7-6-8-16(20)5-2/h4,6-12,21H,1,5,13-14H2,2-3H3,(H,22,23). The second-order valence-corrected chi connectivity index (χ2v) is 5.49. The minimum atomic E-state index is -0.0639. The molecular formula is C20H24N2O2. The van der Waals surface area contributed by atoms with Gasteiger partial charge in [0.25, 0.3) is 0 Å². The predicted molar refractivity (Wildman–Crippen MR) is 99.8 cm³/mol. The fraction of sp³-hybridized carbons (Fsp3) is 0.250. The molecule has 0 saturated carbocycles. The fourth-order valence-electron chi connectivity index (χ4n) is 2.39. The molecular weight excluding hydrogens is 300 g/mol. The molecule has 2 aromatic rings. The third kappa shape index (κ3) is 4.88. The van der Waals surface area contributed by atoms with E-state index in [0.717, 1.165) is 34.7 Å². The Morgan fingerprint density at radius 1 is 1.21 bits per heavy atom. The zero-order chi connectivity index (χ0) is 17.4. The van der Waals surface area contributed by atoms with Crippen LogP contribution in [0, 0.1) is 6.92 Å². The van der Waals surface area contributed by atoms with Crippen molar-refractivity contribution in [2.75, 3.05) is 23.8 Å². The molecule has 0 fully saturated rings. The Kier molecular flexibility index (Phi) is 6.43. The Bertz CT molecular complexity index is 693. The number of benzene rings is 2. The quantitative estimate of drug-likeness (QED) is 0.716. The van der Waals surface area contributed by atoms with Crippen molar-refractivity contribution in [2.45, 2.75) is 20.3 Å². The van der Waals surface area contributed by atoms with Crippen LogP contribution in [0.5, 0.6) is 5.75 Å². The molecule has 126 valence electrons. The predicted octanol–water partition coefficient (Wildman–Crippen LogP) is 4.17. The summed E-state index contributed by atoms with van der Waals surface area (Å²) >= 11 is 0. The maximum Gasteiger partial charge on any atom is 0.243 e. The third-order valence-corrected chi connectivity index (χ3v) is 3.68. The van der Waals surface area contributed by atoms with E-state index in [-0.39, 0.29) is 12.5 Å². The lowest BCUT2D eigenvalue weighted by molar-refractivity contribution is -0.114. The van der Waals surface area contributed by atoms with E-state index in [1.54, 1.807) is 6.08 Å². The van der Waals surface area contributed by atoms with Crippen molar-refractivity contribution in [3.05, 3.63) is 66.2 Å². The Hall–Kier alpha value is -2.75. The molecule has 0 saturated heterocycles. The molecule has 1 amide bonds. The largest absolute Gasteiger partial charge is 0.490 e. The van der Waals surface area contributed by atoms with Crippen molar-refractivity contribution in [1.82, 2.24) is 0 Å². The van der Waals surface area contributed by atoms with Crippen LogP contribution in [0.1, 0.15) is 18.1 Å². The molecule has 2 aromatic carbocycles. The van der Waals surface area contributed by atoms with Gasteiger partial charge in [-0.3, -0.25) is 4.79 Å². The maximum atomic E-state index is 12.2. The molecule has 0 bridgehead atoms. The van der Waals surface area contributed by atoms with Gasteiger partial charge < -0.3 is 15.4 Å². The first-order chi connectivity index (χ1) is 11.6. The topological polar surface area (TPSA) is 50.4 Å². The second-order valence-electron chi connectivity index (χ2n) is 5.49. The number of rotatable bonds is 8. The number of carbonyl (C=O) groups excluding carboxylic acids is 1. The van der Waals surface area contributed by atoms with Gasteiger partial charge in [-0.2, -0.15) is 0 Å². The van der Waals surface area contributed by atoms with Crippen LogP contribution in [-0.4, -0.2) is 19.1 Å². The molecule has 0 spiro atoms. The molecule has 0 aliphatic rings. The summed E-state index contributed by atoms with van der Waals surface area (Å²) in [4.78, 5) is 12.2. The number of aryl methyl sites for hydroxylation is 2. The smallest absolute Gasteiger partial charge is 0.243 e. The van der Waals surface area contributed by atoms with Crippen molar-refractivity contribution in [1.29, 1.82) is 0 Å². The second kappa shape index (κ2) is 8.77. The third-order valence-electron chi connectivity index (χ3n) is 3.68. The summed E-state index contributed by atoms with van der Waals surface area (Å²) in [5.41, 5.74) is 4.01. The highest BCUT2D eigenvalue weighted by atomic mass is 16.5. The van der Waals surface area contributed by atoms with Gasteiger partial charge >= 0.3 is 0 Å². The molecule has 0 unspecified atom stereocenters. The molecule has 0 radical (unpaired) electrons. The minimum absolute atomic E-state index is 0.0639. The van der Waals surface area contributed by atoms with Crippen LogP contribution in [0.4, 0.5) is 11.4 Å². The number of hydrogen-bond acceptors (Lipinski definition) is 3. The lowest BCUT2D eigenvalue weighted by Gasteiger charge is -2.14. The van der Waals surface area contributed by atoms with Crippen LogP contribution in [0.15, 0.2) is 55.1 Å². The van der Waals surface area contributed by atoms with Crippen LogP contribution in [0.2, 0.25) is 0 Å². The summed E-state index contributed by atoms with van der Waals surface area (Å²) in [7, 11) is 0. The first kappa shape index (κ1) is 17.6. The van der Waals surface area contributed by atoms with Crippen LogP contribution >= 0.6 is 0 Å². The summed E-state index contributed by atoms with van der Waals surface area (Å²) in [6.07, 6.45) is 2.59. The number of para-hydroxylation sites is 1. The number of amides is 1. The van der Waals surface area contributed by atoms with Gasteiger partial charge in [0.1, 0.15) is 12.4 Å². The molecule has 0 atom stereocenters. The fourth-order valence-corrected chi connectivity index (χ4v) is 2.39. The Morgan fingerprint density at radius 3 is 2.62 bits per heavy atom. The van der Waals surface area contributed by atoms with E-state index in [9.17, 15) is 4.79 Å². The summed E-state index contributed by atoms with van der Waals surface area (Å²) in [5, 5.41) is 6.12. The summed E-state index contributed by atoms with van der Waals surface area (Å²) in [5.74, 6) is 0.711. The van der Waals surface area contributed by atoms with Crippen LogP contribution < -0.4 is 15.4 Å². The van der Waals surface area contributed by atoms with E-state index in [0.29, 0.717) is 6.61 Å². The van der Waals surface area contributed by atoms with E-state index in [2.05, 4.69) is 24.1 Å². The Labute approximate surface area is 143 Å². The van der Waals surface area contributed by atoms with Crippen molar-refractivity contribution in [2.24, 2.45) is 0 Å². The van der Waals surface area contributed by atoms with Gasteiger partial charge in [0, 0.05) is 11.4 Å². The van der Waals surface area contributed by atoms with Gasteiger partial charge in [0.05, 0.1) is 6.54 Å². The zero-order valence-electron chi connectivity index (χ0n) is 14.3. The van der Waals surface area contributed by atoms with E-state index in [4.69, 9.17) is 4.74 Å². The first-order valence-electron chi connectivity index (χ1n) is 8.10. The van der Waals surface area contributed by atoms with Crippen molar-refractivity contribution >= 4 is 17.3 Å². The number of nitrogens with one attached hydrogen (secondary N) is 2. The van der Waals surface area contributed by atoms with Gasteiger partial charge in [-0.05, 0) is 48.7 Å². The average molecular weight is 324 g/mol. The highest BCUT2D eigenvalue weighted by Gasteiger charge is 2.08. The molecule has 24 heavy (non-hydrogen) atoms. The van der Waals surface area contributed by atoms with E-state index in [1.165, 1.54) is 0 Å². The van der Waals surface area contributed by atoms with Gasteiger partial charge in [0.15, 0.2) is 0 Å². The van der Waals surface area contributed by atoms with Crippen LogP contribution in [0.25, 0.3) is 0 Å². The van der Waals surface area contributed by atoms with Gasteiger partial charge in [0.2, 0.25) is 5.91 Å². The number of hydrogen-bond donors (Lipinski definition) is 2. The Morgan fingerprint density at radius 2 is 1.96 bits per heavy atom. The van der Waals surface area contributed by atoms with E-state index in [1.807, 2.05) is 49.4 Å². The lowest BCUT2D eigenvalue weighted by atomic mass is 10.1. The minimum Gasteiger partial charge on any atom is -0.490 e. The monoisotopic (exact) mass is 324 g/mol. The number of ether oxygens (including phenoxy) is 1. The average Bonchev–Trinajstić information content (AvgIpc) is 2.60. The van der Waals surface area contributed by atoms with Crippen LogP contribution in [-0.2, 0) is 11.2 Å². The summed E-state index contributed by atoms with van der Waals surface area (Å²) < 4.78 is 5.43. The normalized spacial score (nSPS) is 10.1. The molecule has 0 aromatic heterocycles. The van der Waals surface area contributed by atoms with Crippen molar-refractivity contribution in [3.63, 3.8) is 0 Å². The SMILES string of the molecule is C=CCOc1ccc(NCC(=O)Nc2c(C)cccc2CC)cc1. The summed E-state index contributed by atoms with van der Waals surface area (Å²) in [6, 6.07) is 13.6.